The van der Waals surface area contributed by atoms with Gasteiger partial charge in [0.15, 0.2) is 5.69 Å². The zero-order valence-corrected chi connectivity index (χ0v) is 14.7. The van der Waals surface area contributed by atoms with Gasteiger partial charge in [0.1, 0.15) is 0 Å². The van der Waals surface area contributed by atoms with Crippen molar-refractivity contribution in [1.82, 2.24) is 25.6 Å². The molecule has 2 saturated heterocycles. The number of ether oxygens (including phenoxy) is 1. The van der Waals surface area contributed by atoms with Crippen LogP contribution < -0.4 is 5.32 Å². The Balaban J connectivity index is 1.54. The summed E-state index contributed by atoms with van der Waals surface area (Å²) in [5.74, 6) is 0.651. The second kappa shape index (κ2) is 6.09. The normalized spacial score (nSPS) is 30.5. The van der Waals surface area contributed by atoms with E-state index < -0.39 is 0 Å². The van der Waals surface area contributed by atoms with Crippen LogP contribution in [-0.4, -0.2) is 63.5 Å². The van der Waals surface area contributed by atoms with Crippen molar-refractivity contribution in [2.24, 2.45) is 11.8 Å². The number of carbonyl (C=O) groups excluding carboxylic acids is 2. The summed E-state index contributed by atoms with van der Waals surface area (Å²) in [6.07, 6.45) is 3.34. The zero-order chi connectivity index (χ0) is 17.6. The molecule has 2 N–H and O–H groups in total. The van der Waals surface area contributed by atoms with Gasteiger partial charge >= 0.3 is 0 Å². The predicted molar refractivity (Wildman–Crippen MR) is 88.8 cm³/mol. The predicted octanol–water partition coefficient (Wildman–Crippen LogP) is 0.649. The number of amides is 2. The van der Waals surface area contributed by atoms with E-state index >= 15 is 0 Å². The van der Waals surface area contributed by atoms with Crippen LogP contribution in [0.5, 0.6) is 0 Å². The van der Waals surface area contributed by atoms with E-state index in [0.29, 0.717) is 37.1 Å². The summed E-state index contributed by atoms with van der Waals surface area (Å²) in [4.78, 5) is 27.3. The fraction of sp³-hybridized carbons (Fsp3) is 0.765. The van der Waals surface area contributed by atoms with Crippen LogP contribution in [0.15, 0.2) is 0 Å². The number of nitrogens with one attached hydrogen (secondary N) is 2. The van der Waals surface area contributed by atoms with E-state index in [-0.39, 0.29) is 29.3 Å². The minimum Gasteiger partial charge on any atom is -0.381 e. The minimum absolute atomic E-state index is 0.00504. The molecule has 136 valence electrons. The summed E-state index contributed by atoms with van der Waals surface area (Å²) in [5, 5.41) is 13.7. The maximum atomic E-state index is 13.1. The molecule has 3 fully saturated rings. The molecule has 1 aromatic heterocycles. The molecule has 3 atom stereocenters. The van der Waals surface area contributed by atoms with Crippen molar-refractivity contribution in [3.05, 3.63) is 11.4 Å². The summed E-state index contributed by atoms with van der Waals surface area (Å²) < 4.78 is 5.52. The Morgan fingerprint density at radius 2 is 2.04 bits per heavy atom. The van der Waals surface area contributed by atoms with Crippen molar-refractivity contribution >= 4 is 11.8 Å². The fourth-order valence-electron chi connectivity index (χ4n) is 4.28. The Kier molecular flexibility index (Phi) is 4.02. The molecule has 1 spiro atoms. The standard InChI is InChI=1S/C17H25N5O3/c1-10-7-13(10)15(23)18-12-8-17(3-5-25-6-4-17)22(9-12)16(24)14-11(2)19-21-20-14/h10,12-13H,3-9H2,1-2H3,(H,18,23)(H,19,20,21)/t10-,12?,13-/m1/s1. The monoisotopic (exact) mass is 347 g/mol. The van der Waals surface area contributed by atoms with Crippen molar-refractivity contribution in [2.45, 2.75) is 51.1 Å². The molecule has 0 bridgehead atoms. The molecule has 8 heteroatoms. The van der Waals surface area contributed by atoms with Gasteiger partial charge in [-0.15, -0.1) is 0 Å². The highest BCUT2D eigenvalue weighted by atomic mass is 16.5. The van der Waals surface area contributed by atoms with Crippen LogP contribution >= 0.6 is 0 Å². The number of aryl methyl sites for hydroxylation is 1. The van der Waals surface area contributed by atoms with Crippen molar-refractivity contribution in [1.29, 1.82) is 0 Å². The molecule has 1 unspecified atom stereocenters. The van der Waals surface area contributed by atoms with Gasteiger partial charge in [-0.1, -0.05) is 6.92 Å². The van der Waals surface area contributed by atoms with Crippen molar-refractivity contribution < 1.29 is 14.3 Å². The van der Waals surface area contributed by atoms with Gasteiger partial charge in [0.05, 0.1) is 5.69 Å². The highest BCUT2D eigenvalue weighted by molar-refractivity contribution is 5.94. The number of carbonyl (C=O) groups is 2. The maximum absolute atomic E-state index is 13.1. The quantitative estimate of drug-likeness (QED) is 0.836. The first-order valence-corrected chi connectivity index (χ1v) is 9.08. The van der Waals surface area contributed by atoms with Crippen LogP contribution in [0.2, 0.25) is 0 Å². The lowest BCUT2D eigenvalue weighted by atomic mass is 9.86. The van der Waals surface area contributed by atoms with E-state index in [2.05, 4.69) is 27.7 Å². The average Bonchev–Trinajstić information content (AvgIpc) is 3.02. The molecule has 3 aliphatic rings. The van der Waals surface area contributed by atoms with Gasteiger partial charge in [-0.25, -0.2) is 0 Å². The van der Waals surface area contributed by atoms with Crippen molar-refractivity contribution in [3.63, 3.8) is 0 Å². The lowest BCUT2D eigenvalue weighted by Crippen LogP contribution is -2.50. The van der Waals surface area contributed by atoms with E-state index in [1.54, 1.807) is 6.92 Å². The minimum atomic E-state index is -0.256. The molecule has 3 heterocycles. The topological polar surface area (TPSA) is 100 Å². The summed E-state index contributed by atoms with van der Waals surface area (Å²) in [5.41, 5.74) is 0.716. The van der Waals surface area contributed by atoms with E-state index in [0.717, 1.165) is 25.7 Å². The number of H-pyrrole nitrogens is 1. The molecule has 0 aromatic carbocycles. The zero-order valence-electron chi connectivity index (χ0n) is 14.7. The van der Waals surface area contributed by atoms with E-state index in [1.807, 2.05) is 4.90 Å². The molecule has 0 radical (unpaired) electrons. The first kappa shape index (κ1) is 16.5. The molecule has 2 aliphatic heterocycles. The van der Waals surface area contributed by atoms with Crippen LogP contribution in [0.3, 0.4) is 0 Å². The average molecular weight is 347 g/mol. The van der Waals surface area contributed by atoms with Crippen LogP contribution in [0.25, 0.3) is 0 Å². The molecular formula is C17H25N5O3. The molecule has 4 rings (SSSR count). The number of likely N-dealkylation sites (tertiary alicyclic amines) is 1. The molecule has 25 heavy (non-hydrogen) atoms. The van der Waals surface area contributed by atoms with Crippen LogP contribution in [-0.2, 0) is 9.53 Å². The highest BCUT2D eigenvalue weighted by Gasteiger charge is 2.50. The molecule has 1 saturated carbocycles. The Morgan fingerprint density at radius 1 is 1.32 bits per heavy atom. The summed E-state index contributed by atoms with van der Waals surface area (Å²) in [6, 6.07) is -0.00504. The second-order valence-electron chi connectivity index (χ2n) is 7.74. The Labute approximate surface area is 146 Å². The van der Waals surface area contributed by atoms with E-state index in [4.69, 9.17) is 4.74 Å². The van der Waals surface area contributed by atoms with Crippen LogP contribution in [0.1, 0.15) is 48.8 Å². The third-order valence-corrected chi connectivity index (χ3v) is 5.99. The first-order valence-electron chi connectivity index (χ1n) is 9.08. The molecule has 8 nitrogen and oxygen atoms in total. The summed E-state index contributed by atoms with van der Waals surface area (Å²) in [6.45, 7) is 5.68. The van der Waals surface area contributed by atoms with Gasteiger partial charge in [0.25, 0.3) is 5.91 Å². The fourth-order valence-corrected chi connectivity index (χ4v) is 4.28. The Hall–Kier alpha value is -1.96. The number of aromatic nitrogens is 3. The number of hydrogen-bond acceptors (Lipinski definition) is 5. The van der Waals surface area contributed by atoms with Gasteiger partial charge < -0.3 is 15.0 Å². The van der Waals surface area contributed by atoms with Gasteiger partial charge in [-0.05, 0) is 38.5 Å². The second-order valence-corrected chi connectivity index (χ2v) is 7.74. The van der Waals surface area contributed by atoms with Gasteiger partial charge in [-0.2, -0.15) is 15.4 Å². The molecule has 1 aliphatic carbocycles. The van der Waals surface area contributed by atoms with E-state index in [1.165, 1.54) is 0 Å². The van der Waals surface area contributed by atoms with Gasteiger partial charge in [0, 0.05) is 37.3 Å². The first-order chi connectivity index (χ1) is 12.0. The third-order valence-electron chi connectivity index (χ3n) is 5.99. The van der Waals surface area contributed by atoms with Crippen molar-refractivity contribution in [3.8, 4) is 0 Å². The molecule has 2 amide bonds. The molecule has 1 aromatic rings. The van der Waals surface area contributed by atoms with Gasteiger partial charge in [-0.3, -0.25) is 9.59 Å². The number of rotatable bonds is 3. The van der Waals surface area contributed by atoms with E-state index in [9.17, 15) is 9.59 Å². The maximum Gasteiger partial charge on any atom is 0.276 e. The van der Waals surface area contributed by atoms with Crippen LogP contribution in [0.4, 0.5) is 0 Å². The smallest absolute Gasteiger partial charge is 0.276 e. The summed E-state index contributed by atoms with van der Waals surface area (Å²) >= 11 is 0. The number of hydrogen-bond donors (Lipinski definition) is 2. The Bertz CT molecular complexity index is 682. The van der Waals surface area contributed by atoms with Crippen LogP contribution in [0, 0.1) is 18.8 Å². The lowest BCUT2D eigenvalue weighted by molar-refractivity contribution is -0.123. The number of aromatic amines is 1. The summed E-state index contributed by atoms with van der Waals surface area (Å²) in [7, 11) is 0. The third kappa shape index (κ3) is 2.92. The largest absolute Gasteiger partial charge is 0.381 e. The molecular weight excluding hydrogens is 322 g/mol. The lowest BCUT2D eigenvalue weighted by Gasteiger charge is -2.40. The highest BCUT2D eigenvalue weighted by Crippen LogP contribution is 2.41. The van der Waals surface area contributed by atoms with Crippen molar-refractivity contribution in [2.75, 3.05) is 19.8 Å². The SMILES string of the molecule is Cc1n[nH]nc1C(=O)N1CC(NC(=O)[C@@H]2C[C@H]2C)CC12CCOCC2. The number of nitrogens with zero attached hydrogens (tertiary/aromatic N) is 3. The van der Waals surface area contributed by atoms with Gasteiger partial charge in [0.2, 0.25) is 5.91 Å². The Morgan fingerprint density at radius 3 is 2.64 bits per heavy atom.